The minimum atomic E-state index is 0.408. The molecule has 0 aliphatic rings. The van der Waals surface area contributed by atoms with Crippen LogP contribution >= 0.6 is 0 Å². The Morgan fingerprint density at radius 2 is 2.05 bits per heavy atom. The first-order chi connectivity index (χ1) is 10.1. The van der Waals surface area contributed by atoms with Gasteiger partial charge in [-0.3, -0.25) is 0 Å². The van der Waals surface area contributed by atoms with E-state index in [4.69, 9.17) is 4.74 Å². The topological polar surface area (TPSA) is 41.9 Å². The minimum Gasteiger partial charge on any atom is -0.381 e. The molecule has 21 heavy (non-hydrogen) atoms. The van der Waals surface area contributed by atoms with Gasteiger partial charge < -0.3 is 9.64 Å². The Hall–Kier alpha value is -1.42. The highest BCUT2D eigenvalue weighted by Crippen LogP contribution is 2.26. The SMILES string of the molecule is CCCCOCCC(C)N(CC)c1ccc(N=O)c(C)c1. The zero-order valence-corrected chi connectivity index (χ0v) is 13.8. The highest BCUT2D eigenvalue weighted by atomic mass is 16.5. The zero-order chi connectivity index (χ0) is 15.7. The van der Waals surface area contributed by atoms with Gasteiger partial charge in [-0.2, -0.15) is 0 Å². The Morgan fingerprint density at radius 1 is 1.29 bits per heavy atom. The van der Waals surface area contributed by atoms with Gasteiger partial charge in [0, 0.05) is 31.5 Å². The molecule has 1 aromatic rings. The number of ether oxygens (including phenoxy) is 1. The quantitative estimate of drug-likeness (QED) is 0.459. The van der Waals surface area contributed by atoms with Crippen molar-refractivity contribution in [3.8, 4) is 0 Å². The second kappa shape index (κ2) is 9.50. The average molecular weight is 292 g/mol. The van der Waals surface area contributed by atoms with E-state index in [0.29, 0.717) is 11.7 Å². The van der Waals surface area contributed by atoms with Gasteiger partial charge in [-0.15, -0.1) is 4.91 Å². The number of anilines is 1. The van der Waals surface area contributed by atoms with E-state index in [1.807, 2.05) is 19.1 Å². The molecular formula is C17H28N2O2. The van der Waals surface area contributed by atoms with Crippen molar-refractivity contribution >= 4 is 11.4 Å². The molecule has 0 bridgehead atoms. The van der Waals surface area contributed by atoms with Crippen molar-refractivity contribution in [3.05, 3.63) is 28.7 Å². The second-order valence-corrected chi connectivity index (χ2v) is 5.45. The predicted molar refractivity (Wildman–Crippen MR) is 89.5 cm³/mol. The summed E-state index contributed by atoms with van der Waals surface area (Å²) in [6.07, 6.45) is 3.31. The lowest BCUT2D eigenvalue weighted by atomic mass is 10.1. The van der Waals surface area contributed by atoms with Gasteiger partial charge in [-0.1, -0.05) is 13.3 Å². The van der Waals surface area contributed by atoms with Crippen LogP contribution in [0.5, 0.6) is 0 Å². The molecule has 0 aliphatic carbocycles. The molecule has 118 valence electrons. The maximum Gasteiger partial charge on any atom is 0.111 e. The van der Waals surface area contributed by atoms with Crippen molar-refractivity contribution in [1.82, 2.24) is 0 Å². The summed E-state index contributed by atoms with van der Waals surface area (Å²) >= 11 is 0. The molecule has 4 nitrogen and oxygen atoms in total. The molecule has 0 fully saturated rings. The summed E-state index contributed by atoms with van der Waals surface area (Å²) in [5, 5.41) is 3.03. The van der Waals surface area contributed by atoms with E-state index in [0.717, 1.165) is 43.9 Å². The highest BCUT2D eigenvalue weighted by molar-refractivity contribution is 5.58. The first kappa shape index (κ1) is 17.6. The van der Waals surface area contributed by atoms with Crippen LogP contribution in [-0.2, 0) is 4.74 Å². The van der Waals surface area contributed by atoms with Gasteiger partial charge in [0.25, 0.3) is 0 Å². The van der Waals surface area contributed by atoms with Crippen LogP contribution < -0.4 is 4.90 Å². The minimum absolute atomic E-state index is 0.408. The Balaban J connectivity index is 2.60. The zero-order valence-electron chi connectivity index (χ0n) is 13.8. The van der Waals surface area contributed by atoms with Crippen LogP contribution in [0.15, 0.2) is 23.4 Å². The van der Waals surface area contributed by atoms with E-state index < -0.39 is 0 Å². The number of benzene rings is 1. The Morgan fingerprint density at radius 3 is 2.62 bits per heavy atom. The van der Waals surface area contributed by atoms with Crippen molar-refractivity contribution in [2.45, 2.75) is 53.0 Å². The van der Waals surface area contributed by atoms with Crippen molar-refractivity contribution < 1.29 is 4.74 Å². The van der Waals surface area contributed by atoms with Gasteiger partial charge in [0.2, 0.25) is 0 Å². The van der Waals surface area contributed by atoms with Gasteiger partial charge in [0.05, 0.1) is 0 Å². The Kier molecular flexibility index (Phi) is 7.98. The lowest BCUT2D eigenvalue weighted by Crippen LogP contribution is -2.33. The number of nitroso groups, excluding NO2 is 1. The lowest BCUT2D eigenvalue weighted by molar-refractivity contribution is 0.125. The van der Waals surface area contributed by atoms with Crippen LogP contribution in [-0.4, -0.2) is 25.8 Å². The molecule has 0 saturated carbocycles. The van der Waals surface area contributed by atoms with E-state index >= 15 is 0 Å². The molecule has 0 N–H and O–H groups in total. The monoisotopic (exact) mass is 292 g/mol. The Bertz CT molecular complexity index is 435. The summed E-state index contributed by atoms with van der Waals surface area (Å²) in [6, 6.07) is 6.22. The third-order valence-electron chi connectivity index (χ3n) is 3.81. The number of nitrogens with zero attached hydrogens (tertiary/aromatic N) is 2. The average Bonchev–Trinajstić information content (AvgIpc) is 2.48. The van der Waals surface area contributed by atoms with E-state index in [2.05, 4.69) is 30.8 Å². The summed E-state index contributed by atoms with van der Waals surface area (Å²) in [5.74, 6) is 0. The molecule has 0 radical (unpaired) electrons. The van der Waals surface area contributed by atoms with Crippen molar-refractivity contribution in [2.75, 3.05) is 24.7 Å². The van der Waals surface area contributed by atoms with Crippen LogP contribution in [0.3, 0.4) is 0 Å². The van der Waals surface area contributed by atoms with Gasteiger partial charge in [0.15, 0.2) is 0 Å². The fourth-order valence-electron chi connectivity index (χ4n) is 2.43. The molecule has 1 aromatic carbocycles. The van der Waals surface area contributed by atoms with Crippen molar-refractivity contribution in [2.24, 2.45) is 5.18 Å². The molecule has 0 aliphatic heterocycles. The first-order valence-corrected chi connectivity index (χ1v) is 7.92. The molecule has 0 amide bonds. The second-order valence-electron chi connectivity index (χ2n) is 5.45. The van der Waals surface area contributed by atoms with E-state index in [1.54, 1.807) is 6.07 Å². The molecule has 0 aromatic heterocycles. The standard InChI is InChI=1S/C17H28N2O2/c1-5-7-11-21-12-10-15(4)19(6-2)16-8-9-17(18-20)14(3)13-16/h8-9,13,15H,5-7,10-12H2,1-4H3. The lowest BCUT2D eigenvalue weighted by Gasteiger charge is -2.30. The third kappa shape index (κ3) is 5.46. The molecule has 0 spiro atoms. The molecule has 1 rings (SSSR count). The number of unbranched alkanes of at least 4 members (excludes halogenated alkanes) is 1. The smallest absolute Gasteiger partial charge is 0.111 e. The summed E-state index contributed by atoms with van der Waals surface area (Å²) in [6.45, 7) is 11.0. The third-order valence-corrected chi connectivity index (χ3v) is 3.81. The van der Waals surface area contributed by atoms with Crippen LogP contribution in [0.25, 0.3) is 0 Å². The van der Waals surface area contributed by atoms with Crippen LogP contribution in [0.4, 0.5) is 11.4 Å². The number of hydrogen-bond donors (Lipinski definition) is 0. The molecule has 1 atom stereocenters. The Labute approximate surface area is 128 Å². The number of aryl methyl sites for hydroxylation is 1. The highest BCUT2D eigenvalue weighted by Gasteiger charge is 2.13. The van der Waals surface area contributed by atoms with Gasteiger partial charge in [0.1, 0.15) is 5.69 Å². The van der Waals surface area contributed by atoms with Gasteiger partial charge in [-0.25, -0.2) is 0 Å². The molecule has 4 heteroatoms. The summed E-state index contributed by atoms with van der Waals surface area (Å²) in [5.41, 5.74) is 2.58. The number of rotatable bonds is 10. The van der Waals surface area contributed by atoms with Crippen LogP contribution in [0.1, 0.15) is 45.6 Å². The summed E-state index contributed by atoms with van der Waals surface area (Å²) < 4.78 is 5.65. The first-order valence-electron chi connectivity index (χ1n) is 7.92. The fourth-order valence-corrected chi connectivity index (χ4v) is 2.43. The van der Waals surface area contributed by atoms with Crippen molar-refractivity contribution in [3.63, 3.8) is 0 Å². The van der Waals surface area contributed by atoms with E-state index in [1.165, 1.54) is 6.42 Å². The normalized spacial score (nSPS) is 12.2. The van der Waals surface area contributed by atoms with Crippen LogP contribution in [0.2, 0.25) is 0 Å². The largest absolute Gasteiger partial charge is 0.381 e. The summed E-state index contributed by atoms with van der Waals surface area (Å²) in [4.78, 5) is 13.0. The maximum absolute atomic E-state index is 10.7. The van der Waals surface area contributed by atoms with Crippen LogP contribution in [0, 0.1) is 11.8 Å². The van der Waals surface area contributed by atoms with Crippen molar-refractivity contribution in [1.29, 1.82) is 0 Å². The molecule has 0 heterocycles. The van der Waals surface area contributed by atoms with Gasteiger partial charge >= 0.3 is 0 Å². The van der Waals surface area contributed by atoms with E-state index in [-0.39, 0.29) is 0 Å². The fraction of sp³-hybridized carbons (Fsp3) is 0.647. The number of hydrogen-bond acceptors (Lipinski definition) is 4. The predicted octanol–water partition coefficient (Wildman–Crippen LogP) is 4.81. The van der Waals surface area contributed by atoms with E-state index in [9.17, 15) is 4.91 Å². The van der Waals surface area contributed by atoms with Gasteiger partial charge in [-0.05, 0) is 62.6 Å². The summed E-state index contributed by atoms with van der Waals surface area (Å²) in [7, 11) is 0. The maximum atomic E-state index is 10.7. The molecule has 1 unspecified atom stereocenters. The molecule has 0 saturated heterocycles. The molecular weight excluding hydrogens is 264 g/mol.